The van der Waals surface area contributed by atoms with Gasteiger partial charge in [0.2, 0.25) is 10.0 Å². The maximum atomic E-state index is 12.7. The molecule has 1 rings (SSSR count). The fraction of sp³-hybridized carbons (Fsp3) is 0.714. The molecule has 0 atom stereocenters. The van der Waals surface area contributed by atoms with Gasteiger partial charge in [-0.1, -0.05) is 6.92 Å². The van der Waals surface area contributed by atoms with Crippen molar-refractivity contribution in [1.82, 2.24) is 9.62 Å². The van der Waals surface area contributed by atoms with Crippen LogP contribution in [0, 0.1) is 13.8 Å². The molecule has 0 amide bonds. The summed E-state index contributed by atoms with van der Waals surface area (Å²) in [6.07, 6.45) is 0.657. The highest BCUT2D eigenvalue weighted by Gasteiger charge is 2.29. The third-order valence-electron chi connectivity index (χ3n) is 3.37. The first-order valence-electron chi connectivity index (χ1n) is 7.11. The van der Waals surface area contributed by atoms with Crippen LogP contribution in [0.15, 0.2) is 9.31 Å². The molecule has 21 heavy (non-hydrogen) atoms. The first-order valence-corrected chi connectivity index (χ1v) is 8.55. The summed E-state index contributed by atoms with van der Waals surface area (Å²) in [5.41, 5.74) is 0.716. The van der Waals surface area contributed by atoms with Crippen molar-refractivity contribution in [1.29, 1.82) is 0 Å². The Bertz CT molecular complexity index is 552. The van der Waals surface area contributed by atoms with Gasteiger partial charge in [0, 0.05) is 39.4 Å². The highest BCUT2D eigenvalue weighted by atomic mass is 32.2. The molecule has 0 fully saturated rings. The van der Waals surface area contributed by atoms with Gasteiger partial charge >= 0.3 is 0 Å². The van der Waals surface area contributed by atoms with Crippen molar-refractivity contribution >= 4 is 10.0 Å². The highest BCUT2D eigenvalue weighted by molar-refractivity contribution is 7.89. The molecule has 0 aliphatic rings. The Hall–Kier alpha value is -0.890. The minimum absolute atomic E-state index is 0.292. The Morgan fingerprint density at radius 3 is 2.52 bits per heavy atom. The van der Waals surface area contributed by atoms with Crippen molar-refractivity contribution in [3.05, 3.63) is 17.1 Å². The number of sulfonamides is 1. The molecule has 1 aromatic rings. The number of rotatable bonds is 9. The van der Waals surface area contributed by atoms with E-state index in [4.69, 9.17) is 9.15 Å². The van der Waals surface area contributed by atoms with Gasteiger partial charge in [0.25, 0.3) is 0 Å². The van der Waals surface area contributed by atoms with Crippen molar-refractivity contribution in [3.8, 4) is 0 Å². The van der Waals surface area contributed by atoms with Gasteiger partial charge in [-0.15, -0.1) is 0 Å². The number of hydrogen-bond acceptors (Lipinski definition) is 5. The number of ether oxygens (including phenoxy) is 1. The summed E-state index contributed by atoms with van der Waals surface area (Å²) < 4.78 is 37.3. The summed E-state index contributed by atoms with van der Waals surface area (Å²) in [5, 5.41) is 3.16. The quantitative estimate of drug-likeness (QED) is 0.701. The van der Waals surface area contributed by atoms with E-state index in [1.165, 1.54) is 4.31 Å². The molecule has 1 N–H and O–H groups in total. The Morgan fingerprint density at radius 1 is 1.29 bits per heavy atom. The van der Waals surface area contributed by atoms with E-state index in [0.29, 0.717) is 48.1 Å². The van der Waals surface area contributed by atoms with Crippen LogP contribution in [0.3, 0.4) is 0 Å². The van der Waals surface area contributed by atoms with Crippen LogP contribution in [-0.2, 0) is 21.3 Å². The van der Waals surface area contributed by atoms with E-state index < -0.39 is 10.0 Å². The molecular formula is C14H26N2O4S. The zero-order valence-electron chi connectivity index (χ0n) is 13.5. The lowest BCUT2D eigenvalue weighted by Gasteiger charge is -2.17. The van der Waals surface area contributed by atoms with E-state index in [-0.39, 0.29) is 0 Å². The normalized spacial score (nSPS) is 12.3. The molecule has 6 nitrogen and oxygen atoms in total. The average molecular weight is 318 g/mol. The number of aryl methyl sites for hydroxylation is 2. The fourth-order valence-electron chi connectivity index (χ4n) is 2.21. The molecule has 0 bridgehead atoms. The van der Waals surface area contributed by atoms with Gasteiger partial charge in [0.15, 0.2) is 0 Å². The van der Waals surface area contributed by atoms with Crippen molar-refractivity contribution in [3.63, 3.8) is 0 Å². The van der Waals surface area contributed by atoms with Crippen LogP contribution in [0.25, 0.3) is 0 Å². The maximum absolute atomic E-state index is 12.7. The summed E-state index contributed by atoms with van der Waals surface area (Å²) >= 11 is 0. The summed E-state index contributed by atoms with van der Waals surface area (Å²) in [7, 11) is -0.355. The number of hydrogen-bond donors (Lipinski definition) is 1. The Labute approximate surface area is 127 Å². The fourth-order valence-corrected chi connectivity index (χ4v) is 3.82. The molecule has 0 spiro atoms. The van der Waals surface area contributed by atoms with Crippen molar-refractivity contribution < 1.29 is 17.6 Å². The lowest BCUT2D eigenvalue weighted by atomic mass is 10.2. The molecule has 0 aliphatic heterocycles. The Kier molecular flexibility index (Phi) is 6.86. The van der Waals surface area contributed by atoms with Crippen molar-refractivity contribution in [2.24, 2.45) is 0 Å². The number of nitrogens with zero attached hydrogens (tertiary/aromatic N) is 1. The zero-order chi connectivity index (χ0) is 16.0. The SMILES string of the molecule is CCNCc1c(C)oc(C)c1S(=O)(=O)N(C)CCCOC. The molecule has 0 aliphatic carbocycles. The topological polar surface area (TPSA) is 71.8 Å². The monoisotopic (exact) mass is 318 g/mol. The van der Waals surface area contributed by atoms with Gasteiger partial charge in [-0.25, -0.2) is 12.7 Å². The predicted molar refractivity (Wildman–Crippen MR) is 81.9 cm³/mol. The minimum atomic E-state index is -3.55. The van der Waals surface area contributed by atoms with E-state index in [1.54, 1.807) is 28.0 Å². The van der Waals surface area contributed by atoms with Crippen molar-refractivity contribution in [2.45, 2.75) is 38.6 Å². The average Bonchev–Trinajstić information content (AvgIpc) is 2.71. The van der Waals surface area contributed by atoms with E-state index in [2.05, 4.69) is 5.32 Å². The largest absolute Gasteiger partial charge is 0.465 e. The summed E-state index contributed by atoms with van der Waals surface area (Å²) in [6, 6.07) is 0. The van der Waals surface area contributed by atoms with Crippen LogP contribution in [0.4, 0.5) is 0 Å². The van der Waals surface area contributed by atoms with Gasteiger partial charge in [0.1, 0.15) is 16.4 Å². The van der Waals surface area contributed by atoms with Gasteiger partial charge in [-0.05, 0) is 26.8 Å². The van der Waals surface area contributed by atoms with Gasteiger partial charge < -0.3 is 14.5 Å². The molecule has 1 heterocycles. The second-order valence-electron chi connectivity index (χ2n) is 4.98. The van der Waals surface area contributed by atoms with Crippen LogP contribution in [0.5, 0.6) is 0 Å². The Morgan fingerprint density at radius 2 is 1.95 bits per heavy atom. The molecule has 7 heteroatoms. The highest BCUT2D eigenvalue weighted by Crippen LogP contribution is 2.28. The second-order valence-corrected chi connectivity index (χ2v) is 6.96. The van der Waals surface area contributed by atoms with Crippen LogP contribution in [0.1, 0.15) is 30.4 Å². The smallest absolute Gasteiger partial charge is 0.246 e. The molecule has 0 radical (unpaired) electrons. The lowest BCUT2D eigenvalue weighted by Crippen LogP contribution is -2.30. The first-order chi connectivity index (χ1) is 9.86. The molecular weight excluding hydrogens is 292 g/mol. The molecule has 0 unspecified atom stereocenters. The number of methoxy groups -OCH3 is 1. The third kappa shape index (κ3) is 4.29. The Balaban J connectivity index is 3.06. The van der Waals surface area contributed by atoms with Crippen molar-refractivity contribution in [2.75, 3.05) is 33.9 Å². The standard InChI is InChI=1S/C14H26N2O4S/c1-6-15-10-13-11(2)20-12(3)14(13)21(17,18)16(4)8-7-9-19-5/h15H,6-10H2,1-5H3. The molecule has 0 saturated carbocycles. The zero-order valence-corrected chi connectivity index (χ0v) is 14.3. The first kappa shape index (κ1) is 18.2. The summed E-state index contributed by atoms with van der Waals surface area (Å²) in [5.74, 6) is 1.09. The predicted octanol–water partition coefficient (Wildman–Crippen LogP) is 1.66. The third-order valence-corrected chi connectivity index (χ3v) is 5.42. The summed E-state index contributed by atoms with van der Waals surface area (Å²) in [4.78, 5) is 0.292. The minimum Gasteiger partial charge on any atom is -0.465 e. The van der Waals surface area contributed by atoms with Crippen LogP contribution in [-0.4, -0.2) is 46.6 Å². The maximum Gasteiger partial charge on any atom is 0.246 e. The van der Waals surface area contributed by atoms with Gasteiger partial charge in [0.05, 0.1) is 0 Å². The second kappa shape index (κ2) is 7.93. The van der Waals surface area contributed by atoms with E-state index in [1.807, 2.05) is 6.92 Å². The van der Waals surface area contributed by atoms with E-state index in [0.717, 1.165) is 6.54 Å². The van der Waals surface area contributed by atoms with Gasteiger partial charge in [-0.2, -0.15) is 0 Å². The summed E-state index contributed by atoms with van der Waals surface area (Å²) in [6.45, 7) is 7.68. The van der Waals surface area contributed by atoms with E-state index >= 15 is 0 Å². The number of furan rings is 1. The van der Waals surface area contributed by atoms with Crippen LogP contribution < -0.4 is 5.32 Å². The molecule has 122 valence electrons. The molecule has 0 saturated heterocycles. The molecule has 0 aromatic carbocycles. The van der Waals surface area contributed by atoms with Gasteiger partial charge in [-0.3, -0.25) is 0 Å². The lowest BCUT2D eigenvalue weighted by molar-refractivity contribution is 0.189. The molecule has 1 aromatic heterocycles. The number of nitrogens with one attached hydrogen (secondary N) is 1. The van der Waals surface area contributed by atoms with Crippen LogP contribution in [0.2, 0.25) is 0 Å². The van der Waals surface area contributed by atoms with Crippen LogP contribution >= 0.6 is 0 Å². The van der Waals surface area contributed by atoms with E-state index in [9.17, 15) is 8.42 Å².